The Morgan fingerprint density at radius 3 is 2.62 bits per heavy atom. The van der Waals surface area contributed by atoms with Crippen molar-refractivity contribution in [2.75, 3.05) is 17.2 Å². The van der Waals surface area contributed by atoms with Gasteiger partial charge in [-0.1, -0.05) is 30.3 Å². The van der Waals surface area contributed by atoms with Crippen molar-refractivity contribution in [1.82, 2.24) is 14.4 Å². The fourth-order valence-corrected chi connectivity index (χ4v) is 5.73. The molecule has 1 atom stereocenters. The van der Waals surface area contributed by atoms with Crippen LogP contribution in [0.2, 0.25) is 0 Å². The van der Waals surface area contributed by atoms with Crippen molar-refractivity contribution in [3.63, 3.8) is 0 Å². The monoisotopic (exact) mass is 501 g/mol. The summed E-state index contributed by atoms with van der Waals surface area (Å²) in [7, 11) is 0. The van der Waals surface area contributed by atoms with Gasteiger partial charge in [-0.25, -0.2) is 14.4 Å². The lowest BCUT2D eigenvalue weighted by Crippen LogP contribution is -2.40. The molecule has 2 aromatic heterocycles. The minimum absolute atomic E-state index is 0.0162. The molecule has 0 unspecified atom stereocenters. The third kappa shape index (κ3) is 3.77. The number of nitrogens with zero attached hydrogens (tertiary/aromatic N) is 4. The summed E-state index contributed by atoms with van der Waals surface area (Å²) in [5, 5.41) is 20.9. The summed E-state index contributed by atoms with van der Waals surface area (Å²) in [4.78, 5) is 23.7. The van der Waals surface area contributed by atoms with Gasteiger partial charge >= 0.3 is 0 Å². The molecule has 2 aliphatic rings. The molecule has 4 aromatic rings. The Hall–Kier alpha value is -3.82. The second-order valence-corrected chi connectivity index (χ2v) is 10.4. The fourth-order valence-electron chi connectivity index (χ4n) is 5.73. The average Bonchev–Trinajstić information content (AvgIpc) is 3.45. The molecule has 2 aromatic carbocycles. The van der Waals surface area contributed by atoms with Crippen LogP contribution in [-0.2, 0) is 11.2 Å². The predicted molar refractivity (Wildman–Crippen MR) is 138 cm³/mol. The van der Waals surface area contributed by atoms with Gasteiger partial charge in [0.15, 0.2) is 6.10 Å². The Balaban J connectivity index is 1.41. The summed E-state index contributed by atoms with van der Waals surface area (Å²) in [6.45, 7) is 3.90. The molecule has 37 heavy (non-hydrogen) atoms. The first kappa shape index (κ1) is 23.6. The van der Waals surface area contributed by atoms with Crippen molar-refractivity contribution >= 4 is 22.9 Å². The second-order valence-electron chi connectivity index (χ2n) is 10.4. The van der Waals surface area contributed by atoms with Crippen LogP contribution in [-0.4, -0.2) is 42.6 Å². The van der Waals surface area contributed by atoms with Gasteiger partial charge in [0, 0.05) is 35.5 Å². The van der Waals surface area contributed by atoms with Crippen molar-refractivity contribution in [3.8, 4) is 11.3 Å². The van der Waals surface area contributed by atoms with Gasteiger partial charge < -0.3 is 20.8 Å². The molecule has 8 nitrogen and oxygen atoms in total. The molecule has 0 bridgehead atoms. The maximum Gasteiger partial charge on any atom is 0.260 e. The number of hydrogen-bond donors (Lipinski definition) is 3. The van der Waals surface area contributed by atoms with Gasteiger partial charge in [0.25, 0.3) is 5.91 Å². The molecule has 1 saturated carbocycles. The number of anilines is 2. The number of rotatable bonds is 4. The van der Waals surface area contributed by atoms with E-state index in [1.54, 1.807) is 43.3 Å². The fraction of sp³-hybridized carbons (Fsp3) is 0.321. The van der Waals surface area contributed by atoms with Gasteiger partial charge in [-0.2, -0.15) is 0 Å². The third-order valence-electron chi connectivity index (χ3n) is 7.50. The first-order valence-corrected chi connectivity index (χ1v) is 12.4. The Bertz CT molecular complexity index is 1540. The third-order valence-corrected chi connectivity index (χ3v) is 7.50. The topological polar surface area (TPSA) is 117 Å². The predicted octanol–water partition coefficient (Wildman–Crippen LogP) is 3.68. The van der Waals surface area contributed by atoms with Crippen LogP contribution in [0.1, 0.15) is 54.4 Å². The van der Waals surface area contributed by atoms with E-state index in [1.807, 2.05) is 23.6 Å². The van der Waals surface area contributed by atoms with Crippen LogP contribution < -0.4 is 10.6 Å². The number of halogens is 1. The Labute approximate surface area is 213 Å². The number of hydrogen-bond acceptors (Lipinski definition) is 6. The number of carbonyl (C=O) groups excluding carboxylic acids is 1. The first-order chi connectivity index (χ1) is 17.6. The summed E-state index contributed by atoms with van der Waals surface area (Å²) in [6.07, 6.45) is 1.93. The SMILES string of the molecule is Cc1cn2c(C3CC(C)(O)C3)nc(-c3ccc4c(c3F)CCN4C(=O)[C@@H](O)c3ccccc3)c2c(N)n1. The number of carbonyl (C=O) groups is 1. The van der Waals surface area contributed by atoms with Gasteiger partial charge in [0.1, 0.15) is 28.7 Å². The van der Waals surface area contributed by atoms with E-state index in [0.29, 0.717) is 53.0 Å². The number of benzene rings is 2. The van der Waals surface area contributed by atoms with Gasteiger partial charge in [-0.3, -0.25) is 9.20 Å². The van der Waals surface area contributed by atoms with Gasteiger partial charge in [0.2, 0.25) is 0 Å². The number of nitrogen functional groups attached to an aromatic ring is 1. The number of nitrogens with two attached hydrogens (primary N) is 1. The van der Waals surface area contributed by atoms with Crippen LogP contribution in [0.4, 0.5) is 15.9 Å². The maximum absolute atomic E-state index is 16.0. The summed E-state index contributed by atoms with van der Waals surface area (Å²) in [5.41, 5.74) is 8.81. The molecular weight excluding hydrogens is 473 g/mol. The van der Waals surface area contributed by atoms with E-state index in [4.69, 9.17) is 10.7 Å². The van der Waals surface area contributed by atoms with E-state index in [9.17, 15) is 15.0 Å². The highest BCUT2D eigenvalue weighted by atomic mass is 19.1. The molecule has 4 N–H and O–H groups in total. The normalized spacial score (nSPS) is 21.6. The van der Waals surface area contributed by atoms with Crippen LogP contribution in [0.15, 0.2) is 48.7 Å². The number of amides is 1. The lowest BCUT2D eigenvalue weighted by atomic mass is 9.72. The van der Waals surface area contributed by atoms with Crippen LogP contribution in [0.5, 0.6) is 0 Å². The summed E-state index contributed by atoms with van der Waals surface area (Å²) < 4.78 is 17.9. The standard InChI is InChI=1S/C28H28FN5O3/c1-15-14-34-23(25(30)31-15)22(32-26(34)17-12-28(2,37)13-17)19-8-9-20-18(21(19)29)10-11-33(20)27(36)24(35)16-6-4-3-5-7-16/h3-9,14,17,24,35,37H,10-13H2,1-2H3,(H2,30,31)/t17?,24-,28?/m0/s1. The second kappa shape index (κ2) is 8.36. The van der Waals surface area contributed by atoms with Crippen LogP contribution in [0.3, 0.4) is 0 Å². The highest BCUT2D eigenvalue weighted by molar-refractivity contribution is 5.99. The smallest absolute Gasteiger partial charge is 0.260 e. The molecular formula is C28H28FN5O3. The molecule has 0 saturated heterocycles. The molecule has 1 aliphatic heterocycles. The zero-order valence-electron chi connectivity index (χ0n) is 20.6. The number of imidazole rings is 1. The Morgan fingerprint density at radius 2 is 1.92 bits per heavy atom. The number of fused-ring (bicyclic) bond motifs is 2. The van der Waals surface area contributed by atoms with Crippen molar-refractivity contribution in [1.29, 1.82) is 0 Å². The number of aryl methyl sites for hydroxylation is 1. The first-order valence-electron chi connectivity index (χ1n) is 12.4. The highest BCUT2D eigenvalue weighted by Gasteiger charge is 2.42. The van der Waals surface area contributed by atoms with Crippen molar-refractivity contribution < 1.29 is 19.4 Å². The van der Waals surface area contributed by atoms with Crippen LogP contribution in [0, 0.1) is 12.7 Å². The molecule has 1 fully saturated rings. The zero-order chi connectivity index (χ0) is 26.1. The molecule has 6 rings (SSSR count). The van der Waals surface area contributed by atoms with Crippen LogP contribution in [0.25, 0.3) is 16.8 Å². The molecule has 9 heteroatoms. The van der Waals surface area contributed by atoms with E-state index in [0.717, 1.165) is 5.82 Å². The number of aliphatic hydroxyl groups excluding tert-OH is 1. The molecule has 190 valence electrons. The average molecular weight is 502 g/mol. The molecule has 0 spiro atoms. The Morgan fingerprint density at radius 1 is 1.19 bits per heavy atom. The maximum atomic E-state index is 16.0. The van der Waals surface area contributed by atoms with Gasteiger partial charge in [-0.15, -0.1) is 0 Å². The number of aliphatic hydroxyl groups is 2. The molecule has 1 aliphatic carbocycles. The lowest BCUT2D eigenvalue weighted by molar-refractivity contribution is -0.126. The minimum Gasteiger partial charge on any atom is -0.390 e. The Kier molecular flexibility index (Phi) is 5.32. The summed E-state index contributed by atoms with van der Waals surface area (Å²) in [6, 6.07) is 12.0. The lowest BCUT2D eigenvalue weighted by Gasteiger charge is -2.40. The van der Waals surface area contributed by atoms with E-state index in [1.165, 1.54) is 4.90 Å². The van der Waals surface area contributed by atoms with E-state index in [2.05, 4.69) is 4.98 Å². The van der Waals surface area contributed by atoms with Gasteiger partial charge in [-0.05, 0) is 50.8 Å². The van der Waals surface area contributed by atoms with Crippen LogP contribution >= 0.6 is 0 Å². The molecule has 1 amide bonds. The quantitative estimate of drug-likeness (QED) is 0.393. The van der Waals surface area contributed by atoms with E-state index < -0.39 is 23.4 Å². The zero-order valence-corrected chi connectivity index (χ0v) is 20.6. The van der Waals surface area contributed by atoms with Crippen molar-refractivity contribution in [2.24, 2.45) is 0 Å². The van der Waals surface area contributed by atoms with Crippen molar-refractivity contribution in [3.05, 3.63) is 77.1 Å². The minimum atomic E-state index is -1.33. The van der Waals surface area contributed by atoms with Crippen molar-refractivity contribution in [2.45, 2.75) is 50.7 Å². The van der Waals surface area contributed by atoms with Gasteiger partial charge in [0.05, 0.1) is 11.3 Å². The highest BCUT2D eigenvalue weighted by Crippen LogP contribution is 2.46. The summed E-state index contributed by atoms with van der Waals surface area (Å²) >= 11 is 0. The molecule has 0 radical (unpaired) electrons. The van der Waals surface area contributed by atoms with E-state index in [-0.39, 0.29) is 23.8 Å². The summed E-state index contributed by atoms with van der Waals surface area (Å²) in [5.74, 6) is 0.0309. The molecule has 3 heterocycles. The number of aromatic nitrogens is 3. The van der Waals surface area contributed by atoms with E-state index >= 15 is 4.39 Å². The largest absolute Gasteiger partial charge is 0.390 e.